The van der Waals surface area contributed by atoms with Crippen LogP contribution in [0.4, 0.5) is 0 Å². The first-order valence-corrected chi connectivity index (χ1v) is 10.2. The van der Waals surface area contributed by atoms with E-state index in [1.54, 1.807) is 30.6 Å². The van der Waals surface area contributed by atoms with Crippen molar-refractivity contribution in [1.82, 2.24) is 14.5 Å². The van der Waals surface area contributed by atoms with E-state index in [0.717, 1.165) is 17.0 Å². The molecule has 3 aromatic rings. The first-order valence-electron chi connectivity index (χ1n) is 9.81. The number of ether oxygens (including phenoxy) is 2. The quantitative estimate of drug-likeness (QED) is 0.570. The van der Waals surface area contributed by atoms with Crippen molar-refractivity contribution in [1.29, 1.82) is 0 Å². The third-order valence-electron chi connectivity index (χ3n) is 5.45. The number of rotatable bonds is 5. The Labute approximate surface area is 185 Å². The molecule has 0 fully saturated rings. The SMILES string of the molecule is COC(=O)C1Cc2ncn(Cc3ccc(Cl)cc3)c2CN1C(=O)c1ccccc1OC. The van der Waals surface area contributed by atoms with Crippen LogP contribution in [0.25, 0.3) is 0 Å². The van der Waals surface area contributed by atoms with Gasteiger partial charge in [0.15, 0.2) is 0 Å². The van der Waals surface area contributed by atoms with Crippen molar-refractivity contribution in [3.8, 4) is 5.75 Å². The number of halogens is 1. The van der Waals surface area contributed by atoms with Gasteiger partial charge in [-0.15, -0.1) is 0 Å². The van der Waals surface area contributed by atoms with Crippen LogP contribution >= 0.6 is 11.6 Å². The maximum atomic E-state index is 13.4. The van der Waals surface area contributed by atoms with Gasteiger partial charge in [-0.1, -0.05) is 35.9 Å². The summed E-state index contributed by atoms with van der Waals surface area (Å²) in [6, 6.07) is 13.8. The predicted molar refractivity (Wildman–Crippen MR) is 115 cm³/mol. The summed E-state index contributed by atoms with van der Waals surface area (Å²) in [4.78, 5) is 32.0. The lowest BCUT2D eigenvalue weighted by atomic mass is 10.0. The minimum absolute atomic E-state index is 0.236. The molecule has 160 valence electrons. The highest BCUT2D eigenvalue weighted by atomic mass is 35.5. The van der Waals surface area contributed by atoms with Crippen molar-refractivity contribution in [2.75, 3.05) is 14.2 Å². The van der Waals surface area contributed by atoms with Gasteiger partial charge in [0, 0.05) is 18.0 Å². The molecule has 31 heavy (non-hydrogen) atoms. The first kappa shape index (κ1) is 20.9. The Hall–Kier alpha value is -3.32. The maximum Gasteiger partial charge on any atom is 0.329 e. The fourth-order valence-corrected chi connectivity index (χ4v) is 3.95. The van der Waals surface area contributed by atoms with Crippen LogP contribution in [0.15, 0.2) is 54.9 Å². The second-order valence-corrected chi connectivity index (χ2v) is 7.71. The number of hydrogen-bond donors (Lipinski definition) is 0. The number of hydrogen-bond acceptors (Lipinski definition) is 5. The van der Waals surface area contributed by atoms with Gasteiger partial charge in [0.2, 0.25) is 0 Å². The summed E-state index contributed by atoms with van der Waals surface area (Å²) in [5.41, 5.74) is 3.13. The number of nitrogens with zero attached hydrogens (tertiary/aromatic N) is 3. The van der Waals surface area contributed by atoms with Crippen molar-refractivity contribution >= 4 is 23.5 Å². The molecule has 2 heterocycles. The zero-order chi connectivity index (χ0) is 22.0. The number of imidazole rings is 1. The molecule has 1 amide bonds. The second-order valence-electron chi connectivity index (χ2n) is 7.27. The van der Waals surface area contributed by atoms with Gasteiger partial charge in [0.25, 0.3) is 5.91 Å². The van der Waals surface area contributed by atoms with Gasteiger partial charge in [-0.2, -0.15) is 0 Å². The highest BCUT2D eigenvalue weighted by molar-refractivity contribution is 6.30. The fourth-order valence-electron chi connectivity index (χ4n) is 3.83. The Morgan fingerprint density at radius 2 is 1.87 bits per heavy atom. The molecule has 1 aliphatic heterocycles. The van der Waals surface area contributed by atoms with Gasteiger partial charge in [0.05, 0.1) is 44.0 Å². The zero-order valence-electron chi connectivity index (χ0n) is 17.2. The smallest absolute Gasteiger partial charge is 0.329 e. The van der Waals surface area contributed by atoms with Crippen molar-refractivity contribution in [2.24, 2.45) is 0 Å². The first-order chi connectivity index (χ1) is 15.0. The topological polar surface area (TPSA) is 73.7 Å². The van der Waals surface area contributed by atoms with E-state index in [4.69, 9.17) is 21.1 Å². The molecule has 1 aliphatic rings. The van der Waals surface area contributed by atoms with Crippen LogP contribution in [0.3, 0.4) is 0 Å². The molecule has 1 atom stereocenters. The van der Waals surface area contributed by atoms with E-state index in [-0.39, 0.29) is 18.9 Å². The average molecular weight is 440 g/mol. The van der Waals surface area contributed by atoms with Crippen LogP contribution in [-0.2, 0) is 29.0 Å². The molecule has 4 rings (SSSR count). The third-order valence-corrected chi connectivity index (χ3v) is 5.71. The van der Waals surface area contributed by atoms with Crippen LogP contribution in [0, 0.1) is 0 Å². The summed E-state index contributed by atoms with van der Waals surface area (Å²) in [5, 5.41) is 0.672. The van der Waals surface area contributed by atoms with Crippen LogP contribution in [-0.4, -0.2) is 46.6 Å². The maximum absolute atomic E-state index is 13.4. The summed E-state index contributed by atoms with van der Waals surface area (Å²) in [6.45, 7) is 0.818. The molecule has 0 bridgehead atoms. The highest BCUT2D eigenvalue weighted by Gasteiger charge is 2.38. The number of benzene rings is 2. The number of para-hydroxylation sites is 1. The molecule has 1 aromatic heterocycles. The standard InChI is InChI=1S/C23H22ClN3O4/c1-30-21-6-4-3-5-17(21)22(28)27-13-20-18(11-19(27)23(29)31-2)25-14-26(20)12-15-7-9-16(24)10-8-15/h3-10,14,19H,11-13H2,1-2H3. The zero-order valence-corrected chi connectivity index (χ0v) is 18.0. The number of carbonyl (C=O) groups excluding carboxylic acids is 2. The number of amides is 1. The van der Waals surface area contributed by atoms with Gasteiger partial charge >= 0.3 is 5.97 Å². The van der Waals surface area contributed by atoms with Crippen LogP contribution < -0.4 is 4.74 Å². The molecule has 0 spiro atoms. The van der Waals surface area contributed by atoms with Crippen molar-refractivity contribution in [2.45, 2.75) is 25.6 Å². The molecule has 8 heteroatoms. The van der Waals surface area contributed by atoms with Crippen molar-refractivity contribution < 1.29 is 19.1 Å². The van der Waals surface area contributed by atoms with E-state index in [9.17, 15) is 9.59 Å². The minimum Gasteiger partial charge on any atom is -0.496 e. The molecule has 0 saturated heterocycles. The van der Waals surface area contributed by atoms with Gasteiger partial charge in [-0.05, 0) is 29.8 Å². The lowest BCUT2D eigenvalue weighted by Gasteiger charge is -2.34. The number of aromatic nitrogens is 2. The van der Waals surface area contributed by atoms with Crippen molar-refractivity contribution in [3.05, 3.63) is 82.4 Å². The Morgan fingerprint density at radius 3 is 2.58 bits per heavy atom. The minimum atomic E-state index is -0.756. The molecular weight excluding hydrogens is 418 g/mol. The number of esters is 1. The second kappa shape index (κ2) is 8.81. The summed E-state index contributed by atoms with van der Waals surface area (Å²) < 4.78 is 12.3. The van der Waals surface area contributed by atoms with E-state index in [1.807, 2.05) is 28.8 Å². The lowest BCUT2D eigenvalue weighted by molar-refractivity contribution is -0.146. The normalized spacial score (nSPS) is 15.3. The molecular formula is C23H22ClN3O4. The van der Waals surface area contributed by atoms with E-state index < -0.39 is 12.0 Å². The average Bonchev–Trinajstić information content (AvgIpc) is 3.20. The van der Waals surface area contributed by atoms with E-state index in [1.165, 1.54) is 19.1 Å². The molecule has 0 aliphatic carbocycles. The fraction of sp³-hybridized carbons (Fsp3) is 0.261. The number of fused-ring (bicyclic) bond motifs is 1. The molecule has 2 aromatic carbocycles. The molecule has 0 N–H and O–H groups in total. The number of carbonyl (C=O) groups is 2. The molecule has 0 saturated carbocycles. The third kappa shape index (κ3) is 4.14. The summed E-state index contributed by atoms with van der Waals surface area (Å²) >= 11 is 5.99. The predicted octanol–water partition coefficient (Wildman–Crippen LogP) is 3.33. The molecule has 7 nitrogen and oxygen atoms in total. The van der Waals surface area contributed by atoms with Crippen molar-refractivity contribution in [3.63, 3.8) is 0 Å². The molecule has 0 radical (unpaired) electrons. The summed E-state index contributed by atoms with van der Waals surface area (Å²) in [7, 11) is 2.84. The van der Waals surface area contributed by atoms with Gasteiger partial charge < -0.3 is 18.9 Å². The Balaban J connectivity index is 1.68. The van der Waals surface area contributed by atoms with Gasteiger partial charge in [-0.3, -0.25) is 4.79 Å². The van der Waals surface area contributed by atoms with Crippen LogP contribution in [0.2, 0.25) is 5.02 Å². The Kier molecular flexibility index (Phi) is 5.95. The van der Waals surface area contributed by atoms with E-state index in [0.29, 0.717) is 22.9 Å². The monoisotopic (exact) mass is 439 g/mol. The van der Waals surface area contributed by atoms with Gasteiger partial charge in [0.1, 0.15) is 11.8 Å². The molecule has 1 unspecified atom stereocenters. The van der Waals surface area contributed by atoms with E-state index >= 15 is 0 Å². The summed E-state index contributed by atoms with van der Waals surface area (Å²) in [5.74, 6) is -0.310. The van der Waals surface area contributed by atoms with E-state index in [2.05, 4.69) is 4.98 Å². The van der Waals surface area contributed by atoms with Crippen LogP contribution in [0.5, 0.6) is 5.75 Å². The highest BCUT2D eigenvalue weighted by Crippen LogP contribution is 2.28. The Bertz CT molecular complexity index is 1110. The lowest BCUT2D eigenvalue weighted by Crippen LogP contribution is -2.49. The summed E-state index contributed by atoms with van der Waals surface area (Å²) in [6.07, 6.45) is 2.03. The Morgan fingerprint density at radius 1 is 1.13 bits per heavy atom. The van der Waals surface area contributed by atoms with Crippen LogP contribution in [0.1, 0.15) is 27.3 Å². The largest absolute Gasteiger partial charge is 0.496 e. The van der Waals surface area contributed by atoms with Gasteiger partial charge in [-0.25, -0.2) is 9.78 Å². The number of methoxy groups -OCH3 is 2.